The van der Waals surface area contributed by atoms with Gasteiger partial charge < -0.3 is 9.64 Å². The Kier molecular flexibility index (Phi) is 7.74. The van der Waals surface area contributed by atoms with Crippen molar-refractivity contribution in [2.45, 2.75) is 31.2 Å². The summed E-state index contributed by atoms with van der Waals surface area (Å²) >= 11 is 1.68. The number of carbonyl (C=O) groups excluding carboxylic acids is 1. The van der Waals surface area contributed by atoms with Gasteiger partial charge in [0.2, 0.25) is 15.9 Å². The van der Waals surface area contributed by atoms with Crippen LogP contribution in [0.1, 0.15) is 27.6 Å². The zero-order valence-corrected chi connectivity index (χ0v) is 21.6. The maximum absolute atomic E-state index is 13.6. The van der Waals surface area contributed by atoms with Crippen molar-refractivity contribution in [3.8, 4) is 5.75 Å². The SMILES string of the molecule is C=CCN(CC(=O)N1CCc2sccc2[C@H]1COc1ccccc1C)S(=O)(=O)c1ccc(C)cc1. The number of amides is 1. The van der Waals surface area contributed by atoms with Crippen molar-refractivity contribution in [3.05, 3.63) is 94.2 Å². The minimum atomic E-state index is -3.86. The van der Waals surface area contributed by atoms with Crippen LogP contribution in [-0.4, -0.2) is 49.8 Å². The number of benzene rings is 2. The minimum Gasteiger partial charge on any atom is -0.491 e. The second kappa shape index (κ2) is 10.8. The summed E-state index contributed by atoms with van der Waals surface area (Å²) in [7, 11) is -3.86. The van der Waals surface area contributed by atoms with Gasteiger partial charge in [-0.05, 0) is 61.0 Å². The summed E-state index contributed by atoms with van der Waals surface area (Å²) in [6.45, 7) is 8.18. The zero-order chi connectivity index (χ0) is 25.0. The number of aryl methyl sites for hydroxylation is 2. The van der Waals surface area contributed by atoms with Gasteiger partial charge in [0.25, 0.3) is 0 Å². The van der Waals surface area contributed by atoms with Gasteiger partial charge in [-0.3, -0.25) is 4.79 Å². The van der Waals surface area contributed by atoms with E-state index < -0.39 is 10.0 Å². The predicted molar refractivity (Wildman–Crippen MR) is 139 cm³/mol. The Morgan fingerprint density at radius 3 is 2.63 bits per heavy atom. The van der Waals surface area contributed by atoms with Crippen molar-refractivity contribution in [1.82, 2.24) is 9.21 Å². The van der Waals surface area contributed by atoms with Crippen molar-refractivity contribution in [2.75, 3.05) is 26.2 Å². The molecule has 0 N–H and O–H groups in total. The molecule has 1 amide bonds. The molecule has 0 bridgehead atoms. The quantitative estimate of drug-likeness (QED) is 0.390. The Morgan fingerprint density at radius 2 is 1.91 bits per heavy atom. The number of fused-ring (bicyclic) bond motifs is 1. The maximum Gasteiger partial charge on any atom is 0.243 e. The van der Waals surface area contributed by atoms with Gasteiger partial charge in [0, 0.05) is 18.0 Å². The number of carbonyl (C=O) groups is 1. The van der Waals surface area contributed by atoms with Crippen LogP contribution in [0.5, 0.6) is 5.75 Å². The Balaban J connectivity index is 1.57. The first-order valence-corrected chi connectivity index (χ1v) is 13.8. The molecule has 0 radical (unpaired) electrons. The van der Waals surface area contributed by atoms with Crippen molar-refractivity contribution in [1.29, 1.82) is 0 Å². The Hall–Kier alpha value is -2.94. The van der Waals surface area contributed by atoms with Crippen LogP contribution in [-0.2, 0) is 21.2 Å². The molecule has 8 heteroatoms. The number of ether oxygens (including phenoxy) is 1. The van der Waals surface area contributed by atoms with Crippen LogP contribution in [0, 0.1) is 13.8 Å². The largest absolute Gasteiger partial charge is 0.491 e. The lowest BCUT2D eigenvalue weighted by atomic mass is 10.0. The van der Waals surface area contributed by atoms with Crippen LogP contribution >= 0.6 is 11.3 Å². The van der Waals surface area contributed by atoms with Crippen LogP contribution in [0.2, 0.25) is 0 Å². The lowest BCUT2D eigenvalue weighted by molar-refractivity contribution is -0.135. The Labute approximate surface area is 211 Å². The molecule has 6 nitrogen and oxygen atoms in total. The van der Waals surface area contributed by atoms with E-state index in [4.69, 9.17) is 4.74 Å². The van der Waals surface area contributed by atoms with Gasteiger partial charge in [-0.2, -0.15) is 4.31 Å². The molecular formula is C27H30N2O4S2. The van der Waals surface area contributed by atoms with Crippen LogP contribution < -0.4 is 4.74 Å². The molecule has 0 saturated heterocycles. The predicted octanol–water partition coefficient (Wildman–Crippen LogP) is 4.75. The fourth-order valence-corrected chi connectivity index (χ4v) is 6.54. The van der Waals surface area contributed by atoms with E-state index in [1.165, 1.54) is 15.3 Å². The summed E-state index contributed by atoms with van der Waals surface area (Å²) in [5.74, 6) is 0.523. The Bertz CT molecular complexity index is 1300. The first-order chi connectivity index (χ1) is 16.8. The van der Waals surface area contributed by atoms with Crippen LogP contribution in [0.3, 0.4) is 0 Å². The van der Waals surface area contributed by atoms with Gasteiger partial charge in [0.15, 0.2) is 0 Å². The van der Waals surface area contributed by atoms with Gasteiger partial charge in [0.1, 0.15) is 12.4 Å². The van der Waals surface area contributed by atoms with E-state index in [-0.39, 0.29) is 29.9 Å². The highest BCUT2D eigenvalue weighted by Gasteiger charge is 2.35. The van der Waals surface area contributed by atoms with Crippen molar-refractivity contribution in [3.63, 3.8) is 0 Å². The molecule has 1 atom stereocenters. The van der Waals surface area contributed by atoms with Gasteiger partial charge >= 0.3 is 0 Å². The van der Waals surface area contributed by atoms with Crippen LogP contribution in [0.4, 0.5) is 0 Å². The van der Waals surface area contributed by atoms with Gasteiger partial charge in [-0.15, -0.1) is 17.9 Å². The smallest absolute Gasteiger partial charge is 0.243 e. The monoisotopic (exact) mass is 510 g/mol. The van der Waals surface area contributed by atoms with E-state index in [9.17, 15) is 13.2 Å². The molecule has 0 fully saturated rings. The molecule has 0 aliphatic carbocycles. The number of thiophene rings is 1. The highest BCUT2D eigenvalue weighted by atomic mass is 32.2. The lowest BCUT2D eigenvalue weighted by Crippen LogP contribution is -2.47. The minimum absolute atomic E-state index is 0.0455. The van der Waals surface area contributed by atoms with E-state index in [0.29, 0.717) is 13.2 Å². The van der Waals surface area contributed by atoms with Crippen molar-refractivity contribution in [2.24, 2.45) is 0 Å². The molecule has 1 aliphatic rings. The van der Waals surface area contributed by atoms with E-state index in [2.05, 4.69) is 6.58 Å². The third-order valence-electron chi connectivity index (χ3n) is 6.21. The molecule has 1 aliphatic heterocycles. The first kappa shape index (κ1) is 25.2. The molecule has 1 aromatic heterocycles. The zero-order valence-electron chi connectivity index (χ0n) is 20.0. The molecule has 3 aromatic rings. The summed E-state index contributed by atoms with van der Waals surface area (Å²) in [6.07, 6.45) is 2.25. The summed E-state index contributed by atoms with van der Waals surface area (Å²) in [5.41, 5.74) is 3.06. The molecule has 0 saturated carbocycles. The number of nitrogens with zero attached hydrogens (tertiary/aromatic N) is 2. The number of hydrogen-bond donors (Lipinski definition) is 0. The molecule has 4 rings (SSSR count). The number of para-hydroxylation sites is 1. The van der Waals surface area contributed by atoms with E-state index in [1.54, 1.807) is 40.5 Å². The third kappa shape index (κ3) is 5.50. The molecule has 0 spiro atoms. The molecular weight excluding hydrogens is 480 g/mol. The van der Waals surface area contributed by atoms with Gasteiger partial charge in [-0.25, -0.2) is 8.42 Å². The van der Waals surface area contributed by atoms with E-state index in [1.807, 2.05) is 49.6 Å². The second-order valence-electron chi connectivity index (χ2n) is 8.63. The standard InChI is InChI=1S/C27H30N2O4S2/c1-4-15-28(35(31,32)22-11-9-20(2)10-12-22)18-27(30)29-16-13-26-23(14-17-34-26)24(29)19-33-25-8-6-5-7-21(25)3/h4-12,14,17,24H,1,13,15-16,18-19H2,2-3H3/t24-/m1/s1. The second-order valence-corrected chi connectivity index (χ2v) is 11.6. The Morgan fingerprint density at radius 1 is 1.17 bits per heavy atom. The molecule has 2 heterocycles. The molecule has 0 unspecified atom stereocenters. The lowest BCUT2D eigenvalue weighted by Gasteiger charge is -2.37. The van der Waals surface area contributed by atoms with Gasteiger partial charge in [0.05, 0.1) is 17.5 Å². The highest BCUT2D eigenvalue weighted by molar-refractivity contribution is 7.89. The van der Waals surface area contributed by atoms with Crippen LogP contribution in [0.25, 0.3) is 0 Å². The van der Waals surface area contributed by atoms with E-state index in [0.717, 1.165) is 28.9 Å². The van der Waals surface area contributed by atoms with E-state index >= 15 is 0 Å². The fraction of sp³-hybridized carbons (Fsp3) is 0.296. The highest BCUT2D eigenvalue weighted by Crippen LogP contribution is 2.34. The number of rotatable bonds is 9. The number of hydrogen-bond acceptors (Lipinski definition) is 5. The molecule has 184 valence electrons. The molecule has 35 heavy (non-hydrogen) atoms. The topological polar surface area (TPSA) is 66.9 Å². The third-order valence-corrected chi connectivity index (χ3v) is 9.03. The summed E-state index contributed by atoms with van der Waals surface area (Å²) in [4.78, 5) is 16.7. The first-order valence-electron chi connectivity index (χ1n) is 11.5. The summed E-state index contributed by atoms with van der Waals surface area (Å²) in [6, 6.07) is 16.2. The average Bonchev–Trinajstić information content (AvgIpc) is 3.32. The van der Waals surface area contributed by atoms with Crippen molar-refractivity contribution < 1.29 is 17.9 Å². The number of sulfonamides is 1. The summed E-state index contributed by atoms with van der Waals surface area (Å²) < 4.78 is 34.0. The average molecular weight is 511 g/mol. The maximum atomic E-state index is 13.6. The van der Waals surface area contributed by atoms with Crippen molar-refractivity contribution >= 4 is 27.3 Å². The normalized spacial score (nSPS) is 15.6. The summed E-state index contributed by atoms with van der Waals surface area (Å²) in [5, 5.41) is 2.03. The fourth-order valence-electron chi connectivity index (χ4n) is 4.25. The van der Waals surface area contributed by atoms with Gasteiger partial charge in [-0.1, -0.05) is 42.0 Å². The molecule has 2 aromatic carbocycles. The van der Waals surface area contributed by atoms with Crippen LogP contribution in [0.15, 0.2) is 77.5 Å².